The van der Waals surface area contributed by atoms with E-state index in [-0.39, 0.29) is 11.7 Å². The maximum Gasteiger partial charge on any atom is 0.236 e. The van der Waals surface area contributed by atoms with Gasteiger partial charge in [0.25, 0.3) is 0 Å². The zero-order valence-electron chi connectivity index (χ0n) is 12.7. The molecule has 2 fully saturated rings. The van der Waals surface area contributed by atoms with Crippen LogP contribution in [0.4, 0.5) is 0 Å². The summed E-state index contributed by atoms with van der Waals surface area (Å²) in [7, 11) is 0. The summed E-state index contributed by atoms with van der Waals surface area (Å²) in [6.07, 6.45) is 1.37. The number of amides is 1. The van der Waals surface area contributed by atoms with E-state index in [0.717, 1.165) is 26.2 Å². The maximum absolute atomic E-state index is 12.8. The molecule has 1 amide bonds. The van der Waals surface area contributed by atoms with Crippen LogP contribution in [-0.2, 0) is 4.79 Å². The largest absolute Gasteiger partial charge is 0.409 e. The predicted molar refractivity (Wildman–Crippen MR) is 77.5 cm³/mol. The van der Waals surface area contributed by atoms with Gasteiger partial charge in [-0.05, 0) is 32.6 Å². The zero-order chi connectivity index (χ0) is 14.9. The Bertz CT molecular complexity index is 394. The lowest BCUT2D eigenvalue weighted by molar-refractivity contribution is -0.146. The first-order valence-corrected chi connectivity index (χ1v) is 7.42. The summed E-state index contributed by atoms with van der Waals surface area (Å²) in [5, 5.41) is 12.1. The monoisotopic (exact) mass is 282 g/mol. The van der Waals surface area contributed by atoms with Crippen LogP contribution < -0.4 is 5.73 Å². The average Bonchev–Trinajstić information content (AvgIpc) is 2.42. The molecule has 0 radical (unpaired) electrons. The van der Waals surface area contributed by atoms with Crippen LogP contribution in [0.15, 0.2) is 5.16 Å². The lowest BCUT2D eigenvalue weighted by Gasteiger charge is -2.48. The van der Waals surface area contributed by atoms with E-state index < -0.39 is 5.41 Å². The molecule has 6 heteroatoms. The molecule has 0 aromatic carbocycles. The van der Waals surface area contributed by atoms with Gasteiger partial charge in [0.15, 0.2) is 5.84 Å². The molecule has 0 atom stereocenters. The number of nitrogens with two attached hydrogens (primary N) is 1. The smallest absolute Gasteiger partial charge is 0.236 e. The Kier molecular flexibility index (Phi) is 4.22. The minimum atomic E-state index is -0.756. The number of hydrogen-bond donors (Lipinski definition) is 2. The highest BCUT2D eigenvalue weighted by atomic mass is 16.4. The lowest BCUT2D eigenvalue weighted by atomic mass is 9.61. The summed E-state index contributed by atoms with van der Waals surface area (Å²) in [6.45, 7) is 9.67. The summed E-state index contributed by atoms with van der Waals surface area (Å²) in [5.41, 5.74) is 5.04. The van der Waals surface area contributed by atoms with Gasteiger partial charge < -0.3 is 15.8 Å². The summed E-state index contributed by atoms with van der Waals surface area (Å²) in [5.74, 6) is 0.567. The van der Waals surface area contributed by atoms with E-state index in [4.69, 9.17) is 10.9 Å². The van der Waals surface area contributed by atoms with Crippen molar-refractivity contribution in [1.29, 1.82) is 0 Å². The van der Waals surface area contributed by atoms with E-state index in [1.807, 2.05) is 4.90 Å². The van der Waals surface area contributed by atoms with Crippen LogP contribution in [0.5, 0.6) is 0 Å². The summed E-state index contributed by atoms with van der Waals surface area (Å²) >= 11 is 0. The fourth-order valence-corrected chi connectivity index (χ4v) is 3.46. The third-order valence-electron chi connectivity index (χ3n) is 4.73. The van der Waals surface area contributed by atoms with Gasteiger partial charge in [0.1, 0.15) is 5.41 Å². The van der Waals surface area contributed by atoms with Crippen LogP contribution in [0.2, 0.25) is 0 Å². The van der Waals surface area contributed by atoms with Gasteiger partial charge in [-0.15, -0.1) is 0 Å². The topological polar surface area (TPSA) is 82.2 Å². The molecule has 1 saturated heterocycles. The summed E-state index contributed by atoms with van der Waals surface area (Å²) in [4.78, 5) is 17.0. The minimum absolute atomic E-state index is 0.0364. The molecule has 0 aromatic rings. The molecule has 0 unspecified atom stereocenters. The Morgan fingerprint density at radius 3 is 2.25 bits per heavy atom. The quantitative estimate of drug-likeness (QED) is 0.345. The average molecular weight is 282 g/mol. The highest BCUT2D eigenvalue weighted by molar-refractivity contribution is 6.07. The Morgan fingerprint density at radius 1 is 1.30 bits per heavy atom. The first-order valence-electron chi connectivity index (χ1n) is 7.42. The molecule has 0 spiro atoms. The molecule has 0 aromatic heterocycles. The number of piperazine rings is 1. The number of nitrogens with zero attached hydrogens (tertiary/aromatic N) is 3. The first kappa shape index (κ1) is 15.1. The van der Waals surface area contributed by atoms with Crippen molar-refractivity contribution >= 4 is 11.7 Å². The second-order valence-corrected chi connectivity index (χ2v) is 6.50. The van der Waals surface area contributed by atoms with Crippen molar-refractivity contribution in [2.24, 2.45) is 22.2 Å². The number of carbonyl (C=O) groups is 1. The van der Waals surface area contributed by atoms with Crippen LogP contribution in [-0.4, -0.2) is 59.0 Å². The molecular formula is C14H26N4O2. The Labute approximate surface area is 120 Å². The van der Waals surface area contributed by atoms with E-state index in [0.29, 0.717) is 24.8 Å². The Balaban J connectivity index is 2.04. The summed E-state index contributed by atoms with van der Waals surface area (Å²) < 4.78 is 0. The lowest BCUT2D eigenvalue weighted by Crippen LogP contribution is -2.61. The molecule has 2 rings (SSSR count). The molecule has 1 heterocycles. The standard InChI is InChI=1S/C14H26N4O2/c1-10(2)17-4-6-18(7-5-17)13(19)14(12(15)16-20)8-11(3)9-14/h10-11,20H,4-9H2,1-3H3,(H2,15,16). The SMILES string of the molecule is CC1CC(C(=O)N2CCN(C(C)C)CC2)(C(N)=NO)C1. The maximum atomic E-state index is 12.8. The fourth-order valence-electron chi connectivity index (χ4n) is 3.46. The normalized spacial score (nSPS) is 32.3. The highest BCUT2D eigenvalue weighted by Gasteiger charge is 2.53. The number of carbonyl (C=O) groups excluding carboxylic acids is 1. The van der Waals surface area contributed by atoms with Crippen molar-refractivity contribution in [2.75, 3.05) is 26.2 Å². The molecule has 0 bridgehead atoms. The van der Waals surface area contributed by atoms with Crippen molar-refractivity contribution in [3.63, 3.8) is 0 Å². The van der Waals surface area contributed by atoms with E-state index >= 15 is 0 Å². The zero-order valence-corrected chi connectivity index (χ0v) is 12.7. The van der Waals surface area contributed by atoms with Gasteiger partial charge in [-0.1, -0.05) is 12.1 Å². The van der Waals surface area contributed by atoms with Crippen LogP contribution in [0.25, 0.3) is 0 Å². The third-order valence-corrected chi connectivity index (χ3v) is 4.73. The molecule has 6 nitrogen and oxygen atoms in total. The molecule has 114 valence electrons. The molecule has 1 aliphatic carbocycles. The minimum Gasteiger partial charge on any atom is -0.409 e. The van der Waals surface area contributed by atoms with Crippen molar-refractivity contribution in [2.45, 2.75) is 39.7 Å². The van der Waals surface area contributed by atoms with Gasteiger partial charge in [0.2, 0.25) is 5.91 Å². The molecule has 2 aliphatic rings. The van der Waals surface area contributed by atoms with Gasteiger partial charge in [0, 0.05) is 32.2 Å². The van der Waals surface area contributed by atoms with Gasteiger partial charge in [-0.3, -0.25) is 9.69 Å². The second-order valence-electron chi connectivity index (χ2n) is 6.50. The van der Waals surface area contributed by atoms with Crippen molar-refractivity contribution in [1.82, 2.24) is 9.80 Å². The third kappa shape index (κ3) is 2.49. The van der Waals surface area contributed by atoms with Crippen LogP contribution in [0, 0.1) is 11.3 Å². The Morgan fingerprint density at radius 2 is 1.85 bits per heavy atom. The van der Waals surface area contributed by atoms with Crippen molar-refractivity contribution in [3.8, 4) is 0 Å². The van der Waals surface area contributed by atoms with Crippen LogP contribution in [0.1, 0.15) is 33.6 Å². The van der Waals surface area contributed by atoms with Crippen LogP contribution >= 0.6 is 0 Å². The van der Waals surface area contributed by atoms with E-state index in [9.17, 15) is 4.79 Å². The van der Waals surface area contributed by atoms with Gasteiger partial charge >= 0.3 is 0 Å². The first-order chi connectivity index (χ1) is 9.40. The highest BCUT2D eigenvalue weighted by Crippen LogP contribution is 2.47. The van der Waals surface area contributed by atoms with Crippen molar-refractivity contribution in [3.05, 3.63) is 0 Å². The van der Waals surface area contributed by atoms with Gasteiger partial charge in [-0.2, -0.15) is 0 Å². The molecule has 20 heavy (non-hydrogen) atoms. The molecular weight excluding hydrogens is 256 g/mol. The van der Waals surface area contributed by atoms with E-state index in [1.165, 1.54) is 0 Å². The van der Waals surface area contributed by atoms with Crippen molar-refractivity contribution < 1.29 is 10.0 Å². The molecule has 1 aliphatic heterocycles. The second kappa shape index (κ2) is 5.60. The van der Waals surface area contributed by atoms with E-state index in [2.05, 4.69) is 30.8 Å². The van der Waals surface area contributed by atoms with Gasteiger partial charge in [-0.25, -0.2) is 0 Å². The number of oxime groups is 1. The van der Waals surface area contributed by atoms with E-state index in [1.54, 1.807) is 0 Å². The molecule has 3 N–H and O–H groups in total. The number of hydrogen-bond acceptors (Lipinski definition) is 4. The van der Waals surface area contributed by atoms with Gasteiger partial charge in [0.05, 0.1) is 0 Å². The number of rotatable bonds is 3. The number of amidine groups is 1. The van der Waals surface area contributed by atoms with Crippen LogP contribution in [0.3, 0.4) is 0 Å². The predicted octanol–water partition coefficient (Wildman–Crippen LogP) is 0.702. The Hall–Kier alpha value is -1.30. The molecule has 1 saturated carbocycles. The summed E-state index contributed by atoms with van der Waals surface area (Å²) in [6, 6.07) is 0.508. The fraction of sp³-hybridized carbons (Fsp3) is 0.857.